The maximum absolute atomic E-state index is 7.37. The monoisotopic (exact) mass is 904 g/mol. The van der Waals surface area contributed by atoms with Gasteiger partial charge in [0.1, 0.15) is 5.58 Å². The van der Waals surface area contributed by atoms with Gasteiger partial charge >= 0.3 is 6.85 Å². The molecule has 0 bridgehead atoms. The fourth-order valence-electron chi connectivity index (χ4n) is 11.6. The van der Waals surface area contributed by atoms with E-state index in [1.54, 1.807) is 0 Å². The van der Waals surface area contributed by atoms with Gasteiger partial charge in [-0.2, -0.15) is 0 Å². The largest absolute Gasteiger partial charge is 0.440 e. The number of aromatic nitrogens is 2. The van der Waals surface area contributed by atoms with E-state index in [0.717, 1.165) is 17.2 Å². The molecule has 3 aromatic heterocycles. The summed E-state index contributed by atoms with van der Waals surface area (Å²) in [5.41, 5.74) is 20.8. The van der Waals surface area contributed by atoms with Crippen molar-refractivity contribution in [2.75, 3.05) is 4.90 Å². The Hall–Kier alpha value is -6.46. The highest BCUT2D eigenvalue weighted by Gasteiger charge is 2.47. The summed E-state index contributed by atoms with van der Waals surface area (Å²) in [5.74, 6) is 0.896. The highest BCUT2D eigenvalue weighted by molar-refractivity contribution is 6.91. The molecular weight excluding hydrogens is 838 g/mol. The predicted molar refractivity (Wildman–Crippen MR) is 298 cm³/mol. The minimum atomic E-state index is -0.173. The Morgan fingerprint density at radius 3 is 1.57 bits per heavy atom. The van der Waals surface area contributed by atoms with E-state index in [9.17, 15) is 0 Å². The van der Waals surface area contributed by atoms with Gasteiger partial charge in [-0.25, -0.2) is 0 Å². The van der Waals surface area contributed by atoms with Crippen molar-refractivity contribution in [2.45, 2.75) is 131 Å². The fraction of sp³-hybridized carbons (Fsp3) is 0.312. The van der Waals surface area contributed by atoms with Crippen LogP contribution in [0.3, 0.4) is 0 Å². The van der Waals surface area contributed by atoms with Crippen LogP contribution in [0.1, 0.15) is 132 Å². The molecule has 10 aromatic rings. The van der Waals surface area contributed by atoms with E-state index >= 15 is 0 Å². The first kappa shape index (κ1) is 43.8. The van der Waals surface area contributed by atoms with E-state index < -0.39 is 0 Å². The Morgan fingerprint density at radius 2 is 0.957 bits per heavy atom. The molecule has 0 amide bonds. The van der Waals surface area contributed by atoms with Crippen LogP contribution in [0.2, 0.25) is 0 Å². The van der Waals surface area contributed by atoms with Crippen molar-refractivity contribution in [1.82, 2.24) is 9.05 Å². The van der Waals surface area contributed by atoms with Gasteiger partial charge in [-0.15, -0.1) is 0 Å². The molecule has 0 aliphatic carbocycles. The van der Waals surface area contributed by atoms with E-state index in [0.29, 0.717) is 0 Å². The Bertz CT molecular complexity index is 3790. The highest BCUT2D eigenvalue weighted by atomic mass is 16.4. The van der Waals surface area contributed by atoms with Crippen LogP contribution < -0.4 is 15.8 Å². The van der Waals surface area contributed by atoms with Crippen LogP contribution in [-0.2, 0) is 27.1 Å². The zero-order chi connectivity index (χ0) is 48.6. The van der Waals surface area contributed by atoms with Crippen molar-refractivity contribution < 1.29 is 4.42 Å². The van der Waals surface area contributed by atoms with Gasteiger partial charge < -0.3 is 13.5 Å². The number of nitrogens with zero attached hydrogens (tertiary/aromatic N) is 3. The van der Waals surface area contributed by atoms with E-state index in [-0.39, 0.29) is 33.9 Å². The summed E-state index contributed by atoms with van der Waals surface area (Å²) in [7, 11) is 0. The third-order valence-corrected chi connectivity index (χ3v) is 15.7. The van der Waals surface area contributed by atoms with Crippen molar-refractivity contribution in [3.05, 3.63) is 155 Å². The molecule has 69 heavy (non-hydrogen) atoms. The van der Waals surface area contributed by atoms with Crippen LogP contribution >= 0.6 is 0 Å². The van der Waals surface area contributed by atoms with Crippen LogP contribution in [0.4, 0.5) is 17.3 Å². The van der Waals surface area contributed by atoms with Gasteiger partial charge in [0.2, 0.25) is 5.88 Å². The lowest BCUT2D eigenvalue weighted by Gasteiger charge is -2.39. The number of rotatable bonds is 2. The average Bonchev–Trinajstić information content (AvgIpc) is 3.94. The van der Waals surface area contributed by atoms with Crippen LogP contribution in [0.5, 0.6) is 0 Å². The number of fused-ring (bicyclic) bond motifs is 13. The fourth-order valence-corrected chi connectivity index (χ4v) is 11.6. The molecule has 0 fully saturated rings. The van der Waals surface area contributed by atoms with Crippen LogP contribution in [0, 0.1) is 0 Å². The summed E-state index contributed by atoms with van der Waals surface area (Å²) >= 11 is 0. The number of furan rings is 1. The quantitative estimate of drug-likeness (QED) is 0.162. The second kappa shape index (κ2) is 14.1. The molecule has 2 aliphatic heterocycles. The molecule has 0 unspecified atom stereocenters. The first-order valence-electron chi connectivity index (χ1n) is 25.2. The van der Waals surface area contributed by atoms with E-state index in [1.165, 1.54) is 110 Å². The molecular formula is C64H66BN3O. The van der Waals surface area contributed by atoms with Crippen molar-refractivity contribution in [1.29, 1.82) is 0 Å². The van der Waals surface area contributed by atoms with E-state index in [4.69, 9.17) is 4.42 Å². The second-order valence-corrected chi connectivity index (χ2v) is 25.6. The summed E-state index contributed by atoms with van der Waals surface area (Å²) in [6.45, 7) is 34.8. The Labute approximate surface area is 409 Å². The lowest BCUT2D eigenvalue weighted by molar-refractivity contribution is 0.588. The Balaban J connectivity index is 1.33. The minimum Gasteiger partial charge on any atom is -0.440 e. The lowest BCUT2D eigenvalue weighted by atomic mass is 9.45. The second-order valence-electron chi connectivity index (χ2n) is 25.6. The molecule has 5 heterocycles. The third-order valence-electron chi connectivity index (χ3n) is 15.7. The molecule has 0 N–H and O–H groups in total. The predicted octanol–water partition coefficient (Wildman–Crippen LogP) is 16.5. The van der Waals surface area contributed by atoms with Crippen LogP contribution in [0.15, 0.2) is 132 Å². The Kier molecular flexibility index (Phi) is 8.94. The number of hydrogen-bond donors (Lipinski definition) is 0. The molecule has 0 atom stereocenters. The van der Waals surface area contributed by atoms with E-state index in [2.05, 4.69) is 245 Å². The van der Waals surface area contributed by atoms with Gasteiger partial charge in [0.25, 0.3) is 0 Å². The third kappa shape index (κ3) is 6.41. The number of benzene rings is 7. The van der Waals surface area contributed by atoms with E-state index in [1.807, 2.05) is 0 Å². The van der Waals surface area contributed by atoms with Crippen LogP contribution in [0.25, 0.3) is 71.4 Å². The summed E-state index contributed by atoms with van der Waals surface area (Å²) < 4.78 is 12.7. The molecule has 2 aliphatic rings. The summed E-state index contributed by atoms with van der Waals surface area (Å²) in [5, 5.41) is 6.34. The highest BCUT2D eigenvalue weighted by Crippen LogP contribution is 2.52. The topological polar surface area (TPSA) is 26.2 Å². The van der Waals surface area contributed by atoms with Crippen molar-refractivity contribution >= 4 is 89.6 Å². The number of hydrogen-bond acceptors (Lipinski definition) is 2. The molecule has 0 spiro atoms. The molecule has 4 nitrogen and oxygen atoms in total. The average molecular weight is 904 g/mol. The standard InChI is InChI=1S/C64H66BN3O/c1-60(2,3)37-21-26-43(27-22-37)67-52-35-41(64(13,14)15)34-45-47-36-46-44-31-38(61(4,5)6)23-28-50(44)66(42-19-17-16-18-20-42)57(46)54-48-32-39(62(7,8)9)24-29-51(48)68(58(47)54)65(55(45)52)56-49-33-40(63(10,11)12)25-30-53(49)69-59(56)67/h16-36H,1-15H3. The number of para-hydroxylation sites is 1. The summed E-state index contributed by atoms with van der Waals surface area (Å²) in [6.07, 6.45) is 0. The molecule has 7 aromatic carbocycles. The van der Waals surface area contributed by atoms with Crippen molar-refractivity contribution in [3.63, 3.8) is 0 Å². The minimum absolute atomic E-state index is 0.0186. The maximum Gasteiger partial charge on any atom is 0.337 e. The molecule has 0 radical (unpaired) electrons. The zero-order valence-corrected chi connectivity index (χ0v) is 43.5. The molecule has 0 saturated heterocycles. The van der Waals surface area contributed by atoms with Gasteiger partial charge in [-0.05, 0) is 139 Å². The smallest absolute Gasteiger partial charge is 0.337 e. The first-order valence-corrected chi connectivity index (χ1v) is 25.2. The van der Waals surface area contributed by atoms with Gasteiger partial charge in [0.05, 0.1) is 11.0 Å². The van der Waals surface area contributed by atoms with Gasteiger partial charge in [-0.1, -0.05) is 158 Å². The molecule has 346 valence electrons. The molecule has 12 rings (SSSR count). The van der Waals surface area contributed by atoms with Crippen LogP contribution in [-0.4, -0.2) is 15.9 Å². The van der Waals surface area contributed by atoms with Gasteiger partial charge in [0.15, 0.2) is 0 Å². The SMILES string of the molecule is CC(C)(C)c1ccc(N2c3cc(C(C)(C)C)cc4c3B(c3c2oc2ccc(C(C)(C)C)cc32)n2c3ccc(C(C)(C)C)cc3c3c2c-4cc2c4cc(C(C)(C)C)ccc4n(-c4ccccc4)c23)cc1. The van der Waals surface area contributed by atoms with Gasteiger partial charge in [-0.3, -0.25) is 4.90 Å². The number of anilines is 3. The zero-order valence-electron chi connectivity index (χ0n) is 43.5. The first-order chi connectivity index (χ1) is 32.4. The van der Waals surface area contributed by atoms with Crippen molar-refractivity contribution in [2.24, 2.45) is 0 Å². The summed E-state index contributed by atoms with van der Waals surface area (Å²) in [4.78, 5) is 2.46. The lowest BCUT2D eigenvalue weighted by Crippen LogP contribution is -2.56. The molecule has 0 saturated carbocycles. The Morgan fingerprint density at radius 1 is 0.406 bits per heavy atom. The molecule has 5 heteroatoms. The summed E-state index contributed by atoms with van der Waals surface area (Å²) in [6, 6.07) is 49.5. The maximum atomic E-state index is 7.37. The van der Waals surface area contributed by atoms with Crippen molar-refractivity contribution in [3.8, 4) is 16.8 Å². The normalized spacial score (nSPS) is 14.2. The van der Waals surface area contributed by atoms with Gasteiger partial charge in [0, 0.05) is 66.1 Å².